The van der Waals surface area contributed by atoms with Crippen LogP contribution in [0.4, 0.5) is 0 Å². The van der Waals surface area contributed by atoms with E-state index < -0.39 is 12.0 Å². The number of carboxylic acids is 1. The Morgan fingerprint density at radius 3 is 2.30 bits per heavy atom. The Bertz CT molecular complexity index is 635. The smallest absolute Gasteiger partial charge is 0.333 e. The maximum absolute atomic E-state index is 11.3. The molecule has 20 heavy (non-hydrogen) atoms. The maximum atomic E-state index is 11.3. The van der Waals surface area contributed by atoms with Gasteiger partial charge in [-0.15, -0.1) is 0 Å². The molecule has 0 aliphatic carbocycles. The molecule has 5 nitrogen and oxygen atoms in total. The number of nitrogens with zero attached hydrogens (tertiary/aromatic N) is 1. The molecule has 0 aromatic heterocycles. The molecule has 0 saturated heterocycles. The lowest BCUT2D eigenvalue weighted by Crippen LogP contribution is -2.09. The van der Waals surface area contributed by atoms with Gasteiger partial charge in [-0.2, -0.15) is 0 Å². The molecule has 0 unspecified atom stereocenters. The lowest BCUT2D eigenvalue weighted by atomic mass is 10.1. The zero-order valence-electron chi connectivity index (χ0n) is 10.5. The van der Waals surface area contributed by atoms with Gasteiger partial charge in [0.15, 0.2) is 6.04 Å². The highest BCUT2D eigenvalue weighted by molar-refractivity contribution is 5.86. The van der Waals surface area contributed by atoms with Gasteiger partial charge in [0.2, 0.25) is 0 Å². The minimum Gasteiger partial charge on any atom is -0.508 e. The van der Waals surface area contributed by atoms with Crippen molar-refractivity contribution in [3.8, 4) is 11.5 Å². The molecule has 102 valence electrons. The van der Waals surface area contributed by atoms with E-state index in [9.17, 15) is 20.1 Å². The van der Waals surface area contributed by atoms with Gasteiger partial charge in [-0.05, 0) is 29.8 Å². The van der Waals surface area contributed by atoms with Crippen molar-refractivity contribution < 1.29 is 20.1 Å². The number of rotatable bonds is 4. The molecule has 0 fully saturated rings. The quantitative estimate of drug-likeness (QED) is 0.744. The Morgan fingerprint density at radius 1 is 1.05 bits per heavy atom. The predicted molar refractivity (Wildman–Crippen MR) is 74.2 cm³/mol. The standard InChI is InChI=1S/C15H13NO4/c17-12-7-5-10(6-8-12)14(15(19)20)16-9-11-3-1-2-4-13(11)18/h1-9,14,17-18H,(H,19,20)/t14-/m1/s1. The molecule has 0 aliphatic heterocycles. The van der Waals surface area contributed by atoms with Crippen LogP contribution in [0, 0.1) is 0 Å². The molecule has 0 radical (unpaired) electrons. The average Bonchev–Trinajstić information content (AvgIpc) is 2.42. The minimum absolute atomic E-state index is 0.0334. The van der Waals surface area contributed by atoms with Gasteiger partial charge in [-0.1, -0.05) is 24.3 Å². The van der Waals surface area contributed by atoms with Crippen LogP contribution in [0.15, 0.2) is 53.5 Å². The number of hydrogen-bond acceptors (Lipinski definition) is 4. The van der Waals surface area contributed by atoms with Crippen molar-refractivity contribution in [2.75, 3.05) is 0 Å². The molecule has 5 heteroatoms. The third-order valence-electron chi connectivity index (χ3n) is 2.74. The fourth-order valence-electron chi connectivity index (χ4n) is 1.70. The van der Waals surface area contributed by atoms with Crippen LogP contribution in [0.1, 0.15) is 17.2 Å². The van der Waals surface area contributed by atoms with Crippen molar-refractivity contribution in [1.82, 2.24) is 0 Å². The van der Waals surface area contributed by atoms with Gasteiger partial charge in [0, 0.05) is 11.8 Å². The fraction of sp³-hybridized carbons (Fsp3) is 0.0667. The molecule has 0 spiro atoms. The van der Waals surface area contributed by atoms with E-state index >= 15 is 0 Å². The van der Waals surface area contributed by atoms with Gasteiger partial charge in [0.05, 0.1) is 0 Å². The second kappa shape index (κ2) is 5.88. The van der Waals surface area contributed by atoms with E-state index in [1.165, 1.54) is 36.5 Å². The normalized spacial score (nSPS) is 12.4. The third kappa shape index (κ3) is 3.14. The largest absolute Gasteiger partial charge is 0.508 e. The van der Waals surface area contributed by atoms with E-state index in [4.69, 9.17) is 0 Å². The summed E-state index contributed by atoms with van der Waals surface area (Å²) in [6, 6.07) is 11.2. The van der Waals surface area contributed by atoms with E-state index in [1.54, 1.807) is 18.2 Å². The summed E-state index contributed by atoms with van der Waals surface area (Å²) in [5.41, 5.74) is 0.888. The summed E-state index contributed by atoms with van der Waals surface area (Å²) in [5.74, 6) is -1.02. The SMILES string of the molecule is O=C(O)[C@H](N=Cc1ccccc1O)c1ccc(O)cc1. The second-order valence-electron chi connectivity index (χ2n) is 4.17. The van der Waals surface area contributed by atoms with Crippen LogP contribution in [0.2, 0.25) is 0 Å². The van der Waals surface area contributed by atoms with Gasteiger partial charge in [0.1, 0.15) is 11.5 Å². The number of carbonyl (C=O) groups is 1. The Balaban J connectivity index is 2.29. The summed E-state index contributed by atoms with van der Waals surface area (Å²) in [6.45, 7) is 0. The van der Waals surface area contributed by atoms with E-state index in [1.807, 2.05) is 0 Å². The molecular weight excluding hydrogens is 258 g/mol. The number of aliphatic imine (C=N–C) groups is 1. The molecule has 2 aromatic rings. The average molecular weight is 271 g/mol. The van der Waals surface area contributed by atoms with Crippen LogP contribution in [0.25, 0.3) is 0 Å². The number of aromatic hydroxyl groups is 2. The number of benzene rings is 2. The Labute approximate surface area is 115 Å². The van der Waals surface area contributed by atoms with Crippen molar-refractivity contribution in [3.05, 3.63) is 59.7 Å². The van der Waals surface area contributed by atoms with E-state index in [-0.39, 0.29) is 11.5 Å². The summed E-state index contributed by atoms with van der Waals surface area (Å²) in [7, 11) is 0. The lowest BCUT2D eigenvalue weighted by molar-refractivity contribution is -0.138. The molecular formula is C15H13NO4. The first-order chi connectivity index (χ1) is 9.58. The van der Waals surface area contributed by atoms with Crippen molar-refractivity contribution >= 4 is 12.2 Å². The number of phenols is 2. The van der Waals surface area contributed by atoms with Gasteiger partial charge in [-0.3, -0.25) is 4.99 Å². The molecule has 1 atom stereocenters. The summed E-state index contributed by atoms with van der Waals surface area (Å²) < 4.78 is 0. The monoisotopic (exact) mass is 271 g/mol. The molecule has 0 bridgehead atoms. The zero-order valence-corrected chi connectivity index (χ0v) is 10.5. The topological polar surface area (TPSA) is 90.1 Å². The van der Waals surface area contributed by atoms with E-state index in [0.717, 1.165) is 0 Å². The van der Waals surface area contributed by atoms with Gasteiger partial charge < -0.3 is 15.3 Å². The number of carboxylic acid groups (broad SMARTS) is 1. The minimum atomic E-state index is -1.11. The molecule has 2 rings (SSSR count). The summed E-state index contributed by atoms with van der Waals surface area (Å²) in [6.07, 6.45) is 1.32. The highest BCUT2D eigenvalue weighted by Gasteiger charge is 2.17. The van der Waals surface area contributed by atoms with Crippen molar-refractivity contribution in [2.45, 2.75) is 6.04 Å². The number of hydrogen-bond donors (Lipinski definition) is 3. The Morgan fingerprint density at radius 2 is 1.70 bits per heavy atom. The van der Waals surface area contributed by atoms with Crippen LogP contribution >= 0.6 is 0 Å². The highest BCUT2D eigenvalue weighted by atomic mass is 16.4. The summed E-state index contributed by atoms with van der Waals surface area (Å²) in [4.78, 5) is 15.2. The lowest BCUT2D eigenvalue weighted by Gasteiger charge is -2.08. The number of aliphatic carboxylic acids is 1. The second-order valence-corrected chi connectivity index (χ2v) is 4.17. The molecule has 0 amide bonds. The highest BCUT2D eigenvalue weighted by Crippen LogP contribution is 2.21. The maximum Gasteiger partial charge on any atom is 0.333 e. The third-order valence-corrected chi connectivity index (χ3v) is 2.74. The van der Waals surface area contributed by atoms with Gasteiger partial charge in [0.25, 0.3) is 0 Å². The van der Waals surface area contributed by atoms with Gasteiger partial charge >= 0.3 is 5.97 Å². The molecule has 2 aromatic carbocycles. The number of phenolic OH excluding ortho intramolecular Hbond substituents is 2. The number of para-hydroxylation sites is 1. The summed E-state index contributed by atoms with van der Waals surface area (Å²) >= 11 is 0. The van der Waals surface area contributed by atoms with E-state index in [2.05, 4.69) is 4.99 Å². The first-order valence-corrected chi connectivity index (χ1v) is 5.91. The predicted octanol–water partition coefficient (Wildman–Crippen LogP) is 2.34. The van der Waals surface area contributed by atoms with Crippen molar-refractivity contribution in [2.24, 2.45) is 4.99 Å². The molecule has 0 heterocycles. The van der Waals surface area contributed by atoms with Crippen LogP contribution in [0.3, 0.4) is 0 Å². The first-order valence-electron chi connectivity index (χ1n) is 5.91. The Hall–Kier alpha value is -2.82. The fourth-order valence-corrected chi connectivity index (χ4v) is 1.70. The van der Waals surface area contributed by atoms with Crippen LogP contribution < -0.4 is 0 Å². The summed E-state index contributed by atoms with van der Waals surface area (Å²) in [5, 5.41) is 28.0. The molecule has 0 saturated carbocycles. The molecule has 0 aliphatic rings. The molecule has 3 N–H and O–H groups in total. The van der Waals surface area contributed by atoms with E-state index in [0.29, 0.717) is 11.1 Å². The zero-order chi connectivity index (χ0) is 14.5. The van der Waals surface area contributed by atoms with Crippen LogP contribution in [-0.4, -0.2) is 27.5 Å². The van der Waals surface area contributed by atoms with Crippen LogP contribution in [-0.2, 0) is 4.79 Å². The van der Waals surface area contributed by atoms with Crippen LogP contribution in [0.5, 0.6) is 11.5 Å². The van der Waals surface area contributed by atoms with Crippen molar-refractivity contribution in [1.29, 1.82) is 0 Å². The Kier molecular flexibility index (Phi) is 4.00. The van der Waals surface area contributed by atoms with Gasteiger partial charge in [-0.25, -0.2) is 4.79 Å². The first kappa shape index (κ1) is 13.6. The van der Waals surface area contributed by atoms with Crippen molar-refractivity contribution in [3.63, 3.8) is 0 Å².